The largest absolute Gasteiger partial charge is 0.317 e. The van der Waals surface area contributed by atoms with Gasteiger partial charge in [0.1, 0.15) is 0 Å². The molecule has 1 aromatic carbocycles. The van der Waals surface area contributed by atoms with Crippen LogP contribution in [0.5, 0.6) is 0 Å². The first-order valence-electron chi connectivity index (χ1n) is 6.36. The number of hydrogen-bond donors (Lipinski definition) is 2. The Bertz CT molecular complexity index is 418. The van der Waals surface area contributed by atoms with Crippen LogP contribution in [-0.4, -0.2) is 27.3 Å². The molecule has 0 bridgehead atoms. The number of nitrogens with one attached hydrogen (secondary N) is 2. The van der Waals surface area contributed by atoms with E-state index < -0.39 is 10.0 Å². The Balaban J connectivity index is 2.23. The minimum atomic E-state index is -3.16. The third kappa shape index (κ3) is 6.74. The van der Waals surface area contributed by atoms with Gasteiger partial charge in [-0.1, -0.05) is 37.3 Å². The van der Waals surface area contributed by atoms with Crippen LogP contribution in [0.15, 0.2) is 30.3 Å². The summed E-state index contributed by atoms with van der Waals surface area (Å²) < 4.78 is 26.0. The lowest BCUT2D eigenvalue weighted by molar-refractivity contribution is 0.574. The van der Waals surface area contributed by atoms with E-state index in [0.717, 1.165) is 25.1 Å². The smallest absolute Gasteiger partial charge is 0.211 e. The van der Waals surface area contributed by atoms with E-state index in [-0.39, 0.29) is 5.75 Å². The third-order valence-electron chi connectivity index (χ3n) is 2.53. The number of rotatable bonds is 9. The molecule has 0 fully saturated rings. The molecular weight excluding hydrogens is 248 g/mol. The van der Waals surface area contributed by atoms with Crippen molar-refractivity contribution in [3.63, 3.8) is 0 Å². The first-order valence-corrected chi connectivity index (χ1v) is 8.01. The lowest BCUT2D eigenvalue weighted by Gasteiger charge is -2.07. The summed E-state index contributed by atoms with van der Waals surface area (Å²) >= 11 is 0. The molecule has 18 heavy (non-hydrogen) atoms. The van der Waals surface area contributed by atoms with Gasteiger partial charge >= 0.3 is 0 Å². The van der Waals surface area contributed by atoms with Crippen molar-refractivity contribution in [2.45, 2.75) is 26.3 Å². The van der Waals surface area contributed by atoms with Crippen LogP contribution >= 0.6 is 0 Å². The van der Waals surface area contributed by atoms with E-state index in [0.29, 0.717) is 13.0 Å². The van der Waals surface area contributed by atoms with E-state index in [2.05, 4.69) is 17.0 Å². The second-order valence-corrected chi connectivity index (χ2v) is 6.16. The first kappa shape index (κ1) is 15.1. The summed E-state index contributed by atoms with van der Waals surface area (Å²) in [5.41, 5.74) is 0.977. The second kappa shape index (κ2) is 8.24. The van der Waals surface area contributed by atoms with Crippen LogP contribution in [0.3, 0.4) is 0 Å². The predicted octanol–water partition coefficient (Wildman–Crippen LogP) is 1.50. The van der Waals surface area contributed by atoms with Crippen molar-refractivity contribution in [2.75, 3.05) is 18.8 Å². The molecule has 1 rings (SSSR count). The van der Waals surface area contributed by atoms with Crippen molar-refractivity contribution < 1.29 is 8.42 Å². The Morgan fingerprint density at radius 2 is 1.83 bits per heavy atom. The van der Waals surface area contributed by atoms with Crippen molar-refractivity contribution in [3.05, 3.63) is 35.9 Å². The van der Waals surface area contributed by atoms with Crippen molar-refractivity contribution in [3.8, 4) is 0 Å². The number of sulfonamides is 1. The molecule has 0 aliphatic rings. The molecule has 0 saturated carbocycles. The highest BCUT2D eigenvalue weighted by Crippen LogP contribution is 1.99. The summed E-state index contributed by atoms with van der Waals surface area (Å²) in [7, 11) is -3.16. The van der Waals surface area contributed by atoms with Crippen LogP contribution in [-0.2, 0) is 16.6 Å². The van der Waals surface area contributed by atoms with Gasteiger partial charge in [-0.3, -0.25) is 0 Å². The van der Waals surface area contributed by atoms with Crippen molar-refractivity contribution in [1.29, 1.82) is 0 Å². The van der Waals surface area contributed by atoms with E-state index in [9.17, 15) is 8.42 Å². The average molecular weight is 270 g/mol. The van der Waals surface area contributed by atoms with Crippen molar-refractivity contribution in [2.24, 2.45) is 0 Å². The monoisotopic (exact) mass is 270 g/mol. The topological polar surface area (TPSA) is 58.2 Å². The molecule has 0 aliphatic heterocycles. The zero-order valence-electron chi connectivity index (χ0n) is 10.9. The van der Waals surface area contributed by atoms with Crippen LogP contribution in [0.1, 0.15) is 25.3 Å². The van der Waals surface area contributed by atoms with E-state index in [4.69, 9.17) is 0 Å². The lowest BCUT2D eigenvalue weighted by atomic mass is 10.2. The highest BCUT2D eigenvalue weighted by molar-refractivity contribution is 7.89. The van der Waals surface area contributed by atoms with Crippen LogP contribution in [0.2, 0.25) is 0 Å². The zero-order chi connectivity index (χ0) is 13.3. The second-order valence-electron chi connectivity index (χ2n) is 4.23. The molecule has 0 unspecified atom stereocenters. The van der Waals surface area contributed by atoms with Gasteiger partial charge < -0.3 is 5.32 Å². The fourth-order valence-corrected chi connectivity index (χ4v) is 2.61. The quantitative estimate of drug-likeness (QED) is 0.669. The van der Waals surface area contributed by atoms with E-state index >= 15 is 0 Å². The summed E-state index contributed by atoms with van der Waals surface area (Å²) in [6.07, 6.45) is 1.71. The number of hydrogen-bond acceptors (Lipinski definition) is 3. The van der Waals surface area contributed by atoms with E-state index in [1.54, 1.807) is 0 Å². The SMILES string of the molecule is CCCNCCCS(=O)(=O)NCc1ccccc1. The molecule has 0 aliphatic carbocycles. The molecule has 102 valence electrons. The summed E-state index contributed by atoms with van der Waals surface area (Å²) in [6, 6.07) is 9.53. The van der Waals surface area contributed by atoms with Gasteiger partial charge in [0.15, 0.2) is 0 Å². The first-order chi connectivity index (χ1) is 8.64. The summed E-state index contributed by atoms with van der Waals surface area (Å²) in [6.45, 7) is 4.15. The summed E-state index contributed by atoms with van der Waals surface area (Å²) in [5, 5.41) is 3.19. The zero-order valence-corrected chi connectivity index (χ0v) is 11.7. The molecule has 0 spiro atoms. The minimum absolute atomic E-state index is 0.177. The number of benzene rings is 1. The maximum absolute atomic E-state index is 11.7. The minimum Gasteiger partial charge on any atom is -0.317 e. The molecule has 5 heteroatoms. The van der Waals surface area contributed by atoms with Crippen LogP contribution in [0, 0.1) is 0 Å². The summed E-state index contributed by atoms with van der Waals surface area (Å²) in [4.78, 5) is 0. The molecule has 0 amide bonds. The lowest BCUT2D eigenvalue weighted by Crippen LogP contribution is -2.28. The third-order valence-corrected chi connectivity index (χ3v) is 3.94. The van der Waals surface area contributed by atoms with Gasteiger partial charge in [-0.25, -0.2) is 13.1 Å². The Morgan fingerprint density at radius 1 is 1.11 bits per heavy atom. The summed E-state index contributed by atoms with van der Waals surface area (Å²) in [5.74, 6) is 0.177. The van der Waals surface area contributed by atoms with Crippen LogP contribution < -0.4 is 10.0 Å². The van der Waals surface area contributed by atoms with Gasteiger partial charge in [0, 0.05) is 6.54 Å². The fraction of sp³-hybridized carbons (Fsp3) is 0.538. The maximum Gasteiger partial charge on any atom is 0.211 e. The van der Waals surface area contributed by atoms with Gasteiger partial charge in [0.05, 0.1) is 5.75 Å². The Kier molecular flexibility index (Phi) is 6.93. The average Bonchev–Trinajstić information content (AvgIpc) is 2.38. The maximum atomic E-state index is 11.7. The van der Waals surface area contributed by atoms with E-state index in [1.165, 1.54) is 0 Å². The molecule has 2 N–H and O–H groups in total. The molecule has 4 nitrogen and oxygen atoms in total. The molecule has 0 aromatic heterocycles. The van der Waals surface area contributed by atoms with Gasteiger partial charge in [0.2, 0.25) is 10.0 Å². The molecular formula is C13H22N2O2S. The van der Waals surface area contributed by atoms with Crippen molar-refractivity contribution in [1.82, 2.24) is 10.0 Å². The Morgan fingerprint density at radius 3 is 2.50 bits per heavy atom. The molecule has 1 aromatic rings. The molecule has 0 heterocycles. The Hall–Kier alpha value is -0.910. The van der Waals surface area contributed by atoms with Crippen LogP contribution in [0.25, 0.3) is 0 Å². The van der Waals surface area contributed by atoms with Gasteiger partial charge in [-0.2, -0.15) is 0 Å². The van der Waals surface area contributed by atoms with Crippen molar-refractivity contribution >= 4 is 10.0 Å². The highest BCUT2D eigenvalue weighted by Gasteiger charge is 2.08. The van der Waals surface area contributed by atoms with E-state index in [1.807, 2.05) is 30.3 Å². The molecule has 0 radical (unpaired) electrons. The molecule has 0 atom stereocenters. The highest BCUT2D eigenvalue weighted by atomic mass is 32.2. The Labute approximate surface area is 110 Å². The van der Waals surface area contributed by atoms with Gasteiger partial charge in [-0.05, 0) is 31.5 Å². The van der Waals surface area contributed by atoms with Gasteiger partial charge in [-0.15, -0.1) is 0 Å². The fourth-order valence-electron chi connectivity index (χ4n) is 1.55. The van der Waals surface area contributed by atoms with Crippen LogP contribution in [0.4, 0.5) is 0 Å². The van der Waals surface area contributed by atoms with Gasteiger partial charge in [0.25, 0.3) is 0 Å². The standard InChI is InChI=1S/C13H22N2O2S/c1-2-9-14-10-6-11-18(16,17)15-12-13-7-4-3-5-8-13/h3-5,7-8,14-15H,2,6,9-12H2,1H3. The normalized spacial score (nSPS) is 11.6. The molecule has 0 saturated heterocycles. The predicted molar refractivity (Wildman–Crippen MR) is 74.8 cm³/mol.